The van der Waals surface area contributed by atoms with Gasteiger partial charge in [0.15, 0.2) is 0 Å². The second-order valence-electron chi connectivity index (χ2n) is 7.76. The molecule has 1 heterocycles. The number of amides is 3. The van der Waals surface area contributed by atoms with Gasteiger partial charge in [-0.05, 0) is 53.2 Å². The number of nitrogens with one attached hydrogen (secondary N) is 1. The third kappa shape index (κ3) is 6.11. The van der Waals surface area contributed by atoms with Crippen molar-refractivity contribution >= 4 is 56.4 Å². The number of carbonyl (C=O) groups is 3. The molecule has 0 saturated heterocycles. The third-order valence-corrected chi connectivity index (χ3v) is 6.04. The van der Waals surface area contributed by atoms with E-state index >= 15 is 0 Å². The molecule has 0 bridgehead atoms. The predicted molar refractivity (Wildman–Crippen MR) is 136 cm³/mol. The molecule has 2 aromatic carbocycles. The van der Waals surface area contributed by atoms with Crippen molar-refractivity contribution in [3.63, 3.8) is 0 Å². The van der Waals surface area contributed by atoms with Gasteiger partial charge in [0.1, 0.15) is 11.4 Å². The Kier molecular flexibility index (Phi) is 9.07. The summed E-state index contributed by atoms with van der Waals surface area (Å²) in [6.07, 6.45) is 0. The fourth-order valence-corrected chi connectivity index (χ4v) is 4.06. The van der Waals surface area contributed by atoms with E-state index in [2.05, 4.69) is 36.4 Å². The van der Waals surface area contributed by atoms with Crippen LogP contribution < -0.4 is 10.2 Å². The van der Waals surface area contributed by atoms with Crippen LogP contribution in [0.5, 0.6) is 0 Å². The van der Waals surface area contributed by atoms with E-state index in [9.17, 15) is 14.4 Å². The van der Waals surface area contributed by atoms with Gasteiger partial charge in [-0.3, -0.25) is 19.3 Å². The predicted octanol–water partition coefficient (Wildman–Crippen LogP) is 4.54. The highest BCUT2D eigenvalue weighted by molar-refractivity contribution is 9.10. The first-order chi connectivity index (χ1) is 16.8. The van der Waals surface area contributed by atoms with Crippen LogP contribution in [0, 0.1) is 0 Å². The maximum atomic E-state index is 12.6. The minimum atomic E-state index is -0.355. The molecule has 0 unspecified atom stereocenters. The van der Waals surface area contributed by atoms with Gasteiger partial charge in [0.05, 0.1) is 30.0 Å². The van der Waals surface area contributed by atoms with Gasteiger partial charge in [-0.15, -0.1) is 10.2 Å². The lowest BCUT2D eigenvalue weighted by Gasteiger charge is -2.25. The molecular formula is C24H28BrN5O5. The molecule has 0 aliphatic carbocycles. The zero-order valence-electron chi connectivity index (χ0n) is 20.1. The number of anilines is 2. The second kappa shape index (κ2) is 12.0. The van der Waals surface area contributed by atoms with Gasteiger partial charge >= 0.3 is 0 Å². The minimum absolute atomic E-state index is 0.249. The van der Waals surface area contributed by atoms with Crippen LogP contribution in [0.2, 0.25) is 0 Å². The molecule has 11 heteroatoms. The molecule has 3 rings (SSSR count). The van der Waals surface area contributed by atoms with E-state index in [0.717, 1.165) is 5.69 Å². The molecule has 35 heavy (non-hydrogen) atoms. The number of nitrogens with zero attached hydrogens (tertiary/aromatic N) is 4. The second-order valence-corrected chi connectivity index (χ2v) is 8.61. The Bertz CT molecular complexity index is 1150. The summed E-state index contributed by atoms with van der Waals surface area (Å²) in [5.74, 6) is -0.930. The Morgan fingerprint density at radius 3 is 2.17 bits per heavy atom. The van der Waals surface area contributed by atoms with Gasteiger partial charge in [0, 0.05) is 50.9 Å². The topological polar surface area (TPSA) is 113 Å². The molecule has 0 radical (unpaired) electrons. The van der Waals surface area contributed by atoms with Gasteiger partial charge in [-0.1, -0.05) is 0 Å². The normalized spacial score (nSPS) is 13.0. The summed E-state index contributed by atoms with van der Waals surface area (Å²) < 4.78 is 11.0. The number of rotatable bonds is 11. The SMILES string of the molecule is CCN1C(=O)c2cc(Br)c(N=Nc3ccc(N(CCOC)CCOC)cc3NC(C)=O)cc2C1=O. The van der Waals surface area contributed by atoms with Gasteiger partial charge in [-0.25, -0.2) is 0 Å². The minimum Gasteiger partial charge on any atom is -0.383 e. The Morgan fingerprint density at radius 2 is 1.60 bits per heavy atom. The summed E-state index contributed by atoms with van der Waals surface area (Å²) >= 11 is 3.41. The van der Waals surface area contributed by atoms with E-state index in [1.54, 1.807) is 39.3 Å². The summed E-state index contributed by atoms with van der Waals surface area (Å²) in [6, 6.07) is 8.58. The number of imide groups is 1. The number of carbonyl (C=O) groups excluding carboxylic acids is 3. The van der Waals surface area contributed by atoms with E-state index in [1.165, 1.54) is 11.8 Å². The Balaban J connectivity index is 1.94. The van der Waals surface area contributed by atoms with Gasteiger partial charge < -0.3 is 19.7 Å². The first-order valence-corrected chi connectivity index (χ1v) is 11.9. The van der Waals surface area contributed by atoms with Crippen molar-refractivity contribution in [1.29, 1.82) is 0 Å². The van der Waals surface area contributed by atoms with Crippen molar-refractivity contribution < 1.29 is 23.9 Å². The number of hydrogen-bond acceptors (Lipinski definition) is 8. The Morgan fingerprint density at radius 1 is 1.00 bits per heavy atom. The standard InChI is InChI=1S/C24H28BrN5O5/c1-5-30-23(32)17-13-19(25)21(14-18(17)24(30)33)28-27-20-7-6-16(12-22(20)26-15(2)31)29(8-10-34-3)9-11-35-4/h6-7,12-14H,5,8-11H2,1-4H3,(H,26,31). The van der Waals surface area contributed by atoms with Crippen LogP contribution in [0.15, 0.2) is 45.0 Å². The molecule has 0 atom stereocenters. The number of hydrogen-bond donors (Lipinski definition) is 1. The highest BCUT2D eigenvalue weighted by Gasteiger charge is 2.35. The lowest BCUT2D eigenvalue weighted by molar-refractivity contribution is -0.114. The lowest BCUT2D eigenvalue weighted by Crippen LogP contribution is -2.30. The monoisotopic (exact) mass is 545 g/mol. The van der Waals surface area contributed by atoms with Gasteiger partial charge in [-0.2, -0.15) is 0 Å². The number of halogens is 1. The van der Waals surface area contributed by atoms with Crippen LogP contribution in [0.3, 0.4) is 0 Å². The molecule has 0 spiro atoms. The van der Waals surface area contributed by atoms with Crippen LogP contribution in [-0.2, 0) is 14.3 Å². The van der Waals surface area contributed by atoms with Crippen LogP contribution in [0.25, 0.3) is 0 Å². The number of benzene rings is 2. The molecule has 3 amide bonds. The molecule has 0 aromatic heterocycles. The van der Waals surface area contributed by atoms with E-state index in [0.29, 0.717) is 65.5 Å². The number of ether oxygens (including phenoxy) is 2. The van der Waals surface area contributed by atoms with Crippen LogP contribution >= 0.6 is 15.9 Å². The fourth-order valence-electron chi connectivity index (χ4n) is 3.64. The number of fused-ring (bicyclic) bond motifs is 1. The third-order valence-electron chi connectivity index (χ3n) is 5.41. The Labute approximate surface area is 212 Å². The quantitative estimate of drug-likeness (QED) is 0.327. The smallest absolute Gasteiger partial charge is 0.261 e. The van der Waals surface area contributed by atoms with Crippen molar-refractivity contribution in [2.75, 3.05) is 57.3 Å². The molecule has 2 aromatic rings. The maximum absolute atomic E-state index is 12.6. The van der Waals surface area contributed by atoms with Crippen molar-refractivity contribution in [3.05, 3.63) is 45.9 Å². The van der Waals surface area contributed by atoms with Crippen LogP contribution in [0.1, 0.15) is 34.6 Å². The first-order valence-electron chi connectivity index (χ1n) is 11.1. The zero-order valence-corrected chi connectivity index (χ0v) is 21.7. The molecule has 1 N–H and O–H groups in total. The van der Waals surface area contributed by atoms with E-state index < -0.39 is 0 Å². The average Bonchev–Trinajstić information content (AvgIpc) is 3.06. The van der Waals surface area contributed by atoms with E-state index in [4.69, 9.17) is 9.47 Å². The maximum Gasteiger partial charge on any atom is 0.261 e. The lowest BCUT2D eigenvalue weighted by atomic mass is 10.1. The van der Waals surface area contributed by atoms with Crippen molar-refractivity contribution in [3.8, 4) is 0 Å². The fraction of sp³-hybridized carbons (Fsp3) is 0.375. The van der Waals surface area contributed by atoms with Crippen LogP contribution in [-0.4, -0.2) is 69.7 Å². The summed E-state index contributed by atoms with van der Waals surface area (Å²) in [6.45, 7) is 5.80. The number of azo groups is 1. The molecular weight excluding hydrogens is 518 g/mol. The van der Waals surface area contributed by atoms with E-state index in [1.807, 2.05) is 12.1 Å². The van der Waals surface area contributed by atoms with Crippen LogP contribution in [0.4, 0.5) is 22.7 Å². The van der Waals surface area contributed by atoms with Gasteiger partial charge in [0.25, 0.3) is 11.8 Å². The summed E-state index contributed by atoms with van der Waals surface area (Å²) in [5.41, 5.74) is 2.80. The molecule has 0 saturated carbocycles. The van der Waals surface area contributed by atoms with Crippen molar-refractivity contribution in [2.45, 2.75) is 13.8 Å². The van der Waals surface area contributed by atoms with E-state index in [-0.39, 0.29) is 17.7 Å². The molecule has 186 valence electrons. The zero-order chi connectivity index (χ0) is 25.5. The molecule has 1 aliphatic rings. The molecule has 0 fully saturated rings. The highest BCUT2D eigenvalue weighted by atomic mass is 79.9. The van der Waals surface area contributed by atoms with Crippen molar-refractivity contribution in [2.24, 2.45) is 10.2 Å². The summed E-state index contributed by atoms with van der Waals surface area (Å²) in [5, 5.41) is 11.4. The number of methoxy groups -OCH3 is 2. The Hall–Kier alpha value is -3.15. The molecule has 10 nitrogen and oxygen atoms in total. The largest absolute Gasteiger partial charge is 0.383 e. The molecule has 1 aliphatic heterocycles. The summed E-state index contributed by atoms with van der Waals surface area (Å²) in [7, 11) is 3.28. The van der Waals surface area contributed by atoms with Gasteiger partial charge in [0.2, 0.25) is 5.91 Å². The first kappa shape index (κ1) is 26.5. The average molecular weight is 546 g/mol. The highest BCUT2D eigenvalue weighted by Crippen LogP contribution is 2.36. The summed E-state index contributed by atoms with van der Waals surface area (Å²) in [4.78, 5) is 40.1. The van der Waals surface area contributed by atoms with Crippen molar-refractivity contribution in [1.82, 2.24) is 4.90 Å².